The van der Waals surface area contributed by atoms with Crippen LogP contribution in [0.1, 0.15) is 35.5 Å². The number of aromatic nitrogens is 3. The summed E-state index contributed by atoms with van der Waals surface area (Å²) in [4.78, 5) is 35.2. The Hall–Kier alpha value is -2.60. The van der Waals surface area contributed by atoms with Gasteiger partial charge < -0.3 is 15.3 Å². The van der Waals surface area contributed by atoms with E-state index in [2.05, 4.69) is 20.3 Å². The minimum atomic E-state index is -0.0914. The predicted molar refractivity (Wildman–Crippen MR) is 110 cm³/mol. The second-order valence-corrected chi connectivity index (χ2v) is 7.83. The first-order valence-electron chi connectivity index (χ1n) is 9.63. The van der Waals surface area contributed by atoms with E-state index in [1.54, 1.807) is 6.92 Å². The Morgan fingerprint density at radius 3 is 3.00 bits per heavy atom. The Bertz CT molecular complexity index is 1090. The molecule has 3 aromatic rings. The first-order chi connectivity index (χ1) is 13.5. The average Bonchev–Trinajstić information content (AvgIpc) is 2.91. The van der Waals surface area contributed by atoms with E-state index in [-0.39, 0.29) is 17.4 Å². The van der Waals surface area contributed by atoms with Crippen LogP contribution < -0.4 is 10.9 Å². The number of hydrogen-bond donors (Lipinski definition) is 3. The van der Waals surface area contributed by atoms with Gasteiger partial charge in [-0.2, -0.15) is 0 Å². The molecule has 3 N–H and O–H groups in total. The molecule has 0 spiro atoms. The van der Waals surface area contributed by atoms with Gasteiger partial charge in [-0.25, -0.2) is 4.98 Å². The Labute approximate surface area is 167 Å². The molecule has 1 aromatic carbocycles. The van der Waals surface area contributed by atoms with Gasteiger partial charge in [0.15, 0.2) is 0 Å². The molecule has 7 heteroatoms. The zero-order valence-corrected chi connectivity index (χ0v) is 16.5. The second kappa shape index (κ2) is 7.80. The first kappa shape index (κ1) is 18.7. The molecule has 2 heterocycles. The summed E-state index contributed by atoms with van der Waals surface area (Å²) in [6.07, 6.45) is 5.36. The fraction of sp³-hybridized carbons (Fsp3) is 0.381. The number of hydrogen-bond acceptors (Lipinski definition) is 3. The molecule has 0 aliphatic heterocycles. The normalized spacial score (nSPS) is 16.6. The van der Waals surface area contributed by atoms with Crippen molar-refractivity contribution in [3.05, 3.63) is 62.4 Å². The molecule has 28 heavy (non-hydrogen) atoms. The third-order valence-corrected chi connectivity index (χ3v) is 5.72. The third kappa shape index (κ3) is 3.83. The number of amides is 1. The van der Waals surface area contributed by atoms with Crippen molar-refractivity contribution in [2.75, 3.05) is 6.54 Å². The van der Waals surface area contributed by atoms with Crippen LogP contribution in [0.2, 0.25) is 5.02 Å². The average molecular weight is 399 g/mol. The van der Waals surface area contributed by atoms with Crippen LogP contribution in [0.4, 0.5) is 0 Å². The summed E-state index contributed by atoms with van der Waals surface area (Å²) in [6.45, 7) is 2.36. The molecular formula is C21H23ClN4O2. The highest BCUT2D eigenvalue weighted by atomic mass is 35.5. The monoisotopic (exact) mass is 398 g/mol. The van der Waals surface area contributed by atoms with Crippen LogP contribution in [0, 0.1) is 12.8 Å². The van der Waals surface area contributed by atoms with E-state index < -0.39 is 0 Å². The van der Waals surface area contributed by atoms with Gasteiger partial charge in [-0.3, -0.25) is 9.59 Å². The van der Waals surface area contributed by atoms with Crippen molar-refractivity contribution in [1.29, 1.82) is 0 Å². The van der Waals surface area contributed by atoms with E-state index in [1.807, 2.05) is 24.4 Å². The number of nitrogens with one attached hydrogen (secondary N) is 3. The molecule has 1 unspecified atom stereocenters. The van der Waals surface area contributed by atoms with Gasteiger partial charge in [0.1, 0.15) is 5.82 Å². The lowest BCUT2D eigenvalue weighted by Crippen LogP contribution is -2.32. The van der Waals surface area contributed by atoms with Crippen LogP contribution in [0.15, 0.2) is 29.2 Å². The molecule has 0 saturated heterocycles. The maximum Gasteiger partial charge on any atom is 0.254 e. The quantitative estimate of drug-likeness (QED) is 0.590. The molecular weight excluding hydrogens is 376 g/mol. The number of aromatic amines is 2. The molecule has 146 valence electrons. The predicted octanol–water partition coefficient (Wildman–Crippen LogP) is 3.07. The van der Waals surface area contributed by atoms with Gasteiger partial charge >= 0.3 is 0 Å². The summed E-state index contributed by atoms with van der Waals surface area (Å²) in [5.74, 6) is 0.593. The number of benzene rings is 1. The Morgan fingerprint density at radius 2 is 2.14 bits per heavy atom. The molecule has 1 amide bonds. The van der Waals surface area contributed by atoms with E-state index >= 15 is 0 Å². The molecule has 1 aliphatic rings. The van der Waals surface area contributed by atoms with Gasteiger partial charge in [-0.05, 0) is 62.8 Å². The van der Waals surface area contributed by atoms with Gasteiger partial charge in [0.2, 0.25) is 5.91 Å². The van der Waals surface area contributed by atoms with Crippen molar-refractivity contribution in [1.82, 2.24) is 20.3 Å². The number of H-pyrrole nitrogens is 2. The van der Waals surface area contributed by atoms with Gasteiger partial charge in [-0.1, -0.05) is 11.6 Å². The van der Waals surface area contributed by atoms with Crippen LogP contribution in [-0.2, 0) is 24.1 Å². The number of rotatable bonds is 4. The lowest BCUT2D eigenvalue weighted by atomic mass is 9.98. The molecule has 1 aliphatic carbocycles. The number of halogens is 1. The topological polar surface area (TPSA) is 90.6 Å². The highest BCUT2D eigenvalue weighted by Gasteiger charge is 2.24. The van der Waals surface area contributed by atoms with Crippen molar-refractivity contribution in [2.24, 2.45) is 5.92 Å². The molecule has 4 rings (SSSR count). The van der Waals surface area contributed by atoms with Crippen molar-refractivity contribution in [2.45, 2.75) is 39.0 Å². The van der Waals surface area contributed by atoms with Gasteiger partial charge in [0, 0.05) is 40.1 Å². The number of nitrogens with zero attached hydrogens (tertiary/aromatic N) is 1. The number of carbonyl (C=O) groups excluding carboxylic acids is 1. The van der Waals surface area contributed by atoms with Gasteiger partial charge in [0.25, 0.3) is 5.56 Å². The summed E-state index contributed by atoms with van der Waals surface area (Å²) in [6, 6.07) is 5.76. The molecule has 0 radical (unpaired) electrons. The summed E-state index contributed by atoms with van der Waals surface area (Å²) in [5, 5.41) is 4.85. The van der Waals surface area contributed by atoms with Crippen LogP contribution >= 0.6 is 11.6 Å². The van der Waals surface area contributed by atoms with Crippen LogP contribution in [0.5, 0.6) is 0 Å². The van der Waals surface area contributed by atoms with Crippen molar-refractivity contribution >= 4 is 28.4 Å². The highest BCUT2D eigenvalue weighted by molar-refractivity contribution is 6.31. The van der Waals surface area contributed by atoms with Crippen LogP contribution in [0.3, 0.4) is 0 Å². The van der Waals surface area contributed by atoms with Crippen LogP contribution in [-0.4, -0.2) is 27.4 Å². The van der Waals surface area contributed by atoms with Crippen molar-refractivity contribution in [3.8, 4) is 0 Å². The standard InChI is InChI=1S/C21H23ClN4O2/c1-12-25-19-6-3-13(2-5-16(19)21(28)26-12)20(27)23-9-8-14-11-24-18-7-4-15(22)10-17(14)18/h4,7,10-11,13,24H,2-3,5-6,8-9H2,1H3,(H,23,27)(H,25,26,28). The number of carbonyl (C=O) groups is 1. The van der Waals surface area contributed by atoms with Crippen molar-refractivity contribution < 1.29 is 4.79 Å². The maximum atomic E-state index is 12.7. The van der Waals surface area contributed by atoms with E-state index in [9.17, 15) is 9.59 Å². The third-order valence-electron chi connectivity index (χ3n) is 5.49. The lowest BCUT2D eigenvalue weighted by Gasteiger charge is -2.13. The Morgan fingerprint density at radius 1 is 1.32 bits per heavy atom. The number of aryl methyl sites for hydroxylation is 2. The van der Waals surface area contributed by atoms with Crippen LogP contribution in [0.25, 0.3) is 10.9 Å². The molecule has 6 nitrogen and oxygen atoms in total. The van der Waals surface area contributed by atoms with Gasteiger partial charge in [0.05, 0.1) is 5.69 Å². The largest absolute Gasteiger partial charge is 0.361 e. The van der Waals surface area contributed by atoms with Crippen molar-refractivity contribution in [3.63, 3.8) is 0 Å². The van der Waals surface area contributed by atoms with E-state index in [4.69, 9.17) is 11.6 Å². The van der Waals surface area contributed by atoms with E-state index in [1.165, 1.54) is 0 Å². The van der Waals surface area contributed by atoms with E-state index in [0.717, 1.165) is 40.6 Å². The summed E-state index contributed by atoms with van der Waals surface area (Å²) < 4.78 is 0. The second-order valence-electron chi connectivity index (χ2n) is 7.40. The smallest absolute Gasteiger partial charge is 0.254 e. The molecule has 0 saturated carbocycles. The SMILES string of the molecule is Cc1nc2c(c(=O)[nH]1)CCC(C(=O)NCCc1c[nH]c3ccc(Cl)cc13)CC2. The zero-order valence-electron chi connectivity index (χ0n) is 15.8. The van der Waals surface area contributed by atoms with Gasteiger partial charge in [-0.15, -0.1) is 0 Å². The molecule has 2 aromatic heterocycles. The first-order valence-corrected chi connectivity index (χ1v) is 10.0. The Balaban J connectivity index is 1.36. The molecule has 1 atom stereocenters. The minimum Gasteiger partial charge on any atom is -0.361 e. The fourth-order valence-electron chi connectivity index (χ4n) is 3.99. The van der Waals surface area contributed by atoms with E-state index in [0.29, 0.717) is 36.7 Å². The zero-order chi connectivity index (χ0) is 19.7. The molecule has 0 bridgehead atoms. The fourth-order valence-corrected chi connectivity index (χ4v) is 4.16. The Kier molecular flexibility index (Phi) is 5.22. The lowest BCUT2D eigenvalue weighted by molar-refractivity contribution is -0.125. The summed E-state index contributed by atoms with van der Waals surface area (Å²) >= 11 is 6.10. The maximum absolute atomic E-state index is 12.7. The molecule has 0 fully saturated rings. The minimum absolute atomic E-state index is 0.0545. The highest BCUT2D eigenvalue weighted by Crippen LogP contribution is 2.23. The number of fused-ring (bicyclic) bond motifs is 2. The summed E-state index contributed by atoms with van der Waals surface area (Å²) in [7, 11) is 0. The summed E-state index contributed by atoms with van der Waals surface area (Å²) in [5.41, 5.74) is 3.68.